The molecule has 1 aliphatic heterocycles. The van der Waals surface area contributed by atoms with Crippen LogP contribution in [0.2, 0.25) is 5.02 Å². The Morgan fingerprint density at radius 1 is 1.09 bits per heavy atom. The second-order valence-corrected chi connectivity index (χ2v) is 9.48. The van der Waals surface area contributed by atoms with Crippen molar-refractivity contribution in [3.05, 3.63) is 75.4 Å². The van der Waals surface area contributed by atoms with E-state index in [4.69, 9.17) is 16.3 Å². The molecule has 1 aromatic carbocycles. The average molecular weight is 496 g/mol. The lowest BCUT2D eigenvalue weighted by Gasteiger charge is -2.22. The Labute approximate surface area is 207 Å². The predicted molar refractivity (Wildman–Crippen MR) is 133 cm³/mol. The first kappa shape index (κ1) is 23.6. The number of benzene rings is 1. The largest absolute Gasteiger partial charge is 0.381 e. The minimum absolute atomic E-state index is 0.198. The monoisotopic (exact) mass is 495 g/mol. The summed E-state index contributed by atoms with van der Waals surface area (Å²) in [7, 11) is 1.65. The first-order valence-electron chi connectivity index (χ1n) is 11.8. The van der Waals surface area contributed by atoms with E-state index in [2.05, 4.69) is 15.1 Å². The Hall–Kier alpha value is -3.10. The second kappa shape index (κ2) is 9.87. The standard InChI is InChI=1S/C20H19ClFN3O2.C6H8N2/c1-11-23-19-18(20(26)25(11)2)15(14-4-3-13(21)9-16(14)22)10-17(24-19)12-5-7-27-8-6-12;1-4-7-8(5-1)6-2-3-6/h3-4,9-10,12H,5-8H2,1-2H3;1,4-6H,2-3H2. The Balaban J connectivity index is 0.000000265. The molecular weight excluding hydrogens is 469 g/mol. The van der Waals surface area contributed by atoms with Gasteiger partial charge in [-0.3, -0.25) is 14.0 Å². The highest BCUT2D eigenvalue weighted by molar-refractivity contribution is 6.30. The van der Waals surface area contributed by atoms with Crippen LogP contribution in [0.25, 0.3) is 22.2 Å². The van der Waals surface area contributed by atoms with Crippen LogP contribution in [-0.2, 0) is 11.8 Å². The fourth-order valence-corrected chi connectivity index (χ4v) is 4.50. The first-order chi connectivity index (χ1) is 16.9. The maximum Gasteiger partial charge on any atom is 0.263 e. The molecule has 9 heteroatoms. The van der Waals surface area contributed by atoms with Crippen molar-refractivity contribution in [2.45, 2.75) is 44.6 Å². The van der Waals surface area contributed by atoms with Gasteiger partial charge < -0.3 is 4.74 Å². The van der Waals surface area contributed by atoms with E-state index in [1.54, 1.807) is 26.1 Å². The van der Waals surface area contributed by atoms with Crippen LogP contribution >= 0.6 is 11.6 Å². The molecule has 4 aromatic rings. The van der Waals surface area contributed by atoms with Gasteiger partial charge in [-0.05, 0) is 62.9 Å². The van der Waals surface area contributed by atoms with Crippen molar-refractivity contribution < 1.29 is 9.13 Å². The molecule has 0 unspecified atom stereocenters. The van der Waals surface area contributed by atoms with E-state index in [-0.39, 0.29) is 11.5 Å². The summed E-state index contributed by atoms with van der Waals surface area (Å²) in [6.07, 6.45) is 8.18. The van der Waals surface area contributed by atoms with Gasteiger partial charge in [0.2, 0.25) is 0 Å². The molecule has 35 heavy (non-hydrogen) atoms. The van der Waals surface area contributed by atoms with E-state index in [1.807, 2.05) is 29.2 Å². The summed E-state index contributed by atoms with van der Waals surface area (Å²) in [6, 6.07) is 9.00. The summed E-state index contributed by atoms with van der Waals surface area (Å²) in [4.78, 5) is 22.1. The Kier molecular flexibility index (Phi) is 6.67. The highest BCUT2D eigenvalue weighted by Gasteiger charge is 2.24. The van der Waals surface area contributed by atoms with Crippen LogP contribution in [0.3, 0.4) is 0 Å². The van der Waals surface area contributed by atoms with Gasteiger partial charge in [0.25, 0.3) is 5.56 Å². The SMILES string of the molecule is Cc1nc2nc(C3CCOCC3)cc(-c3ccc(Cl)cc3F)c2c(=O)n1C.c1cnn(C2CC2)c1. The number of aryl methyl sites for hydroxylation is 1. The van der Waals surface area contributed by atoms with Gasteiger partial charge in [-0.25, -0.2) is 14.4 Å². The summed E-state index contributed by atoms with van der Waals surface area (Å²) in [5.41, 5.74) is 1.75. The number of rotatable bonds is 3. The van der Waals surface area contributed by atoms with Crippen LogP contribution in [0, 0.1) is 12.7 Å². The quantitative estimate of drug-likeness (QED) is 0.390. The Bertz CT molecular complexity index is 1410. The van der Waals surface area contributed by atoms with Crippen molar-refractivity contribution in [2.24, 2.45) is 7.05 Å². The maximum atomic E-state index is 14.7. The lowest BCUT2D eigenvalue weighted by molar-refractivity contribution is 0.0845. The molecule has 0 atom stereocenters. The minimum Gasteiger partial charge on any atom is -0.381 e. The fourth-order valence-electron chi connectivity index (χ4n) is 4.34. The number of aromatic nitrogens is 5. The lowest BCUT2D eigenvalue weighted by atomic mass is 9.92. The predicted octanol–water partition coefficient (Wildman–Crippen LogP) is 5.21. The third-order valence-corrected chi connectivity index (χ3v) is 6.83. The van der Waals surface area contributed by atoms with E-state index in [9.17, 15) is 9.18 Å². The summed E-state index contributed by atoms with van der Waals surface area (Å²) in [5.74, 6) is 0.283. The third-order valence-electron chi connectivity index (χ3n) is 6.60. The number of pyridine rings is 1. The van der Waals surface area contributed by atoms with Gasteiger partial charge in [0, 0.05) is 60.4 Å². The molecule has 2 aliphatic rings. The van der Waals surface area contributed by atoms with E-state index >= 15 is 0 Å². The molecule has 1 aliphatic carbocycles. The number of fused-ring (bicyclic) bond motifs is 1. The zero-order valence-electron chi connectivity index (χ0n) is 19.7. The van der Waals surface area contributed by atoms with Gasteiger partial charge in [-0.15, -0.1) is 0 Å². The molecule has 0 spiro atoms. The van der Waals surface area contributed by atoms with Crippen LogP contribution in [0.5, 0.6) is 0 Å². The Morgan fingerprint density at radius 3 is 2.51 bits per heavy atom. The van der Waals surface area contributed by atoms with Gasteiger partial charge in [0.1, 0.15) is 11.6 Å². The zero-order valence-corrected chi connectivity index (χ0v) is 20.5. The van der Waals surface area contributed by atoms with Crippen molar-refractivity contribution >= 4 is 22.6 Å². The molecule has 3 aromatic heterocycles. The lowest BCUT2D eigenvalue weighted by Crippen LogP contribution is -2.23. The van der Waals surface area contributed by atoms with Gasteiger partial charge in [-0.1, -0.05) is 11.6 Å². The van der Waals surface area contributed by atoms with E-state index in [0.717, 1.165) is 24.6 Å². The Morgan fingerprint density at radius 2 is 1.86 bits per heavy atom. The number of hydrogen-bond acceptors (Lipinski definition) is 5. The second-order valence-electron chi connectivity index (χ2n) is 9.04. The van der Waals surface area contributed by atoms with Crippen LogP contribution in [0.4, 0.5) is 4.39 Å². The number of nitrogens with zero attached hydrogens (tertiary/aromatic N) is 5. The smallest absolute Gasteiger partial charge is 0.263 e. The molecule has 2 fully saturated rings. The molecule has 1 saturated carbocycles. The first-order valence-corrected chi connectivity index (χ1v) is 12.2. The molecule has 182 valence electrons. The third kappa shape index (κ3) is 4.99. The summed E-state index contributed by atoms with van der Waals surface area (Å²) >= 11 is 5.91. The molecule has 0 bridgehead atoms. The van der Waals surface area contributed by atoms with Crippen molar-refractivity contribution in [1.82, 2.24) is 24.3 Å². The average Bonchev–Trinajstić information content (AvgIpc) is 3.56. The van der Waals surface area contributed by atoms with Crippen molar-refractivity contribution in [3.63, 3.8) is 0 Å². The van der Waals surface area contributed by atoms with Gasteiger partial charge in [0.05, 0.1) is 11.4 Å². The number of ether oxygens (including phenoxy) is 1. The van der Waals surface area contributed by atoms with E-state index in [1.165, 1.54) is 23.5 Å². The number of halogens is 2. The maximum absolute atomic E-state index is 14.7. The van der Waals surface area contributed by atoms with E-state index in [0.29, 0.717) is 46.2 Å². The molecule has 4 heterocycles. The van der Waals surface area contributed by atoms with Gasteiger partial charge in [-0.2, -0.15) is 5.10 Å². The molecule has 6 rings (SSSR count). The molecule has 7 nitrogen and oxygen atoms in total. The highest BCUT2D eigenvalue weighted by Crippen LogP contribution is 2.34. The minimum atomic E-state index is -0.476. The molecule has 0 amide bonds. The highest BCUT2D eigenvalue weighted by atomic mass is 35.5. The summed E-state index contributed by atoms with van der Waals surface area (Å²) in [5, 5.41) is 4.72. The molecule has 0 N–H and O–H groups in total. The van der Waals surface area contributed by atoms with Crippen molar-refractivity contribution in [2.75, 3.05) is 13.2 Å². The van der Waals surface area contributed by atoms with Crippen LogP contribution in [-0.4, -0.2) is 37.5 Å². The van der Waals surface area contributed by atoms with Gasteiger partial charge >= 0.3 is 0 Å². The van der Waals surface area contributed by atoms with Crippen LogP contribution < -0.4 is 5.56 Å². The van der Waals surface area contributed by atoms with Crippen molar-refractivity contribution in [3.8, 4) is 11.1 Å². The molecule has 1 saturated heterocycles. The summed E-state index contributed by atoms with van der Waals surface area (Å²) in [6.45, 7) is 3.09. The van der Waals surface area contributed by atoms with Crippen LogP contribution in [0.15, 0.2) is 47.5 Å². The summed E-state index contributed by atoms with van der Waals surface area (Å²) < 4.78 is 23.6. The zero-order chi connectivity index (χ0) is 24.5. The van der Waals surface area contributed by atoms with Gasteiger partial charge in [0.15, 0.2) is 5.65 Å². The van der Waals surface area contributed by atoms with Crippen LogP contribution in [0.1, 0.15) is 49.2 Å². The van der Waals surface area contributed by atoms with Crippen molar-refractivity contribution in [1.29, 1.82) is 0 Å². The fraction of sp³-hybridized carbons (Fsp3) is 0.385. The topological polar surface area (TPSA) is 74.8 Å². The number of hydrogen-bond donors (Lipinski definition) is 0. The normalized spacial score (nSPS) is 16.2. The molecule has 0 radical (unpaired) electrons. The molecular formula is C26H27ClFN5O2. The van der Waals surface area contributed by atoms with E-state index < -0.39 is 5.82 Å².